The first kappa shape index (κ1) is 23.6. The predicted octanol–water partition coefficient (Wildman–Crippen LogP) is 3.35. The quantitative estimate of drug-likeness (QED) is 0.639. The molecule has 1 atom stereocenters. The number of amides is 3. The first-order valence-corrected chi connectivity index (χ1v) is 12.8. The van der Waals surface area contributed by atoms with Crippen molar-refractivity contribution in [3.8, 4) is 0 Å². The van der Waals surface area contributed by atoms with E-state index in [1.807, 2.05) is 41.8 Å². The first-order chi connectivity index (χ1) is 16.9. The number of rotatable bonds is 5. The Morgan fingerprint density at radius 3 is 2.63 bits per heavy atom. The number of likely N-dealkylation sites (tertiary alicyclic amines) is 1. The molecular formula is C26H34N4O5. The number of ether oxygens (including phenoxy) is 2. The minimum atomic E-state index is -0.466. The summed E-state index contributed by atoms with van der Waals surface area (Å²) < 4.78 is 11.4. The number of hydrogen-bond acceptors (Lipinski definition) is 6. The predicted molar refractivity (Wildman–Crippen MR) is 131 cm³/mol. The van der Waals surface area contributed by atoms with Gasteiger partial charge in [-0.1, -0.05) is 13.8 Å². The largest absolute Gasteiger partial charge is 0.451 e. The summed E-state index contributed by atoms with van der Waals surface area (Å²) in [5.74, 6) is 0.550. The Morgan fingerprint density at radius 2 is 1.94 bits per heavy atom. The average Bonchev–Trinajstić information content (AvgIpc) is 3.57. The van der Waals surface area contributed by atoms with Crippen LogP contribution >= 0.6 is 0 Å². The van der Waals surface area contributed by atoms with Crippen molar-refractivity contribution in [2.75, 3.05) is 42.6 Å². The molecule has 0 aromatic heterocycles. The molecule has 2 saturated heterocycles. The maximum atomic E-state index is 12.8. The van der Waals surface area contributed by atoms with Gasteiger partial charge in [-0.15, -0.1) is 0 Å². The number of amidine groups is 1. The Balaban J connectivity index is 1.07. The highest BCUT2D eigenvalue weighted by molar-refractivity contribution is 5.99. The monoisotopic (exact) mass is 482 g/mol. The second-order valence-electron chi connectivity index (χ2n) is 10.2. The summed E-state index contributed by atoms with van der Waals surface area (Å²) in [6, 6.07) is 6.36. The van der Waals surface area contributed by atoms with Crippen molar-refractivity contribution in [2.45, 2.75) is 58.5 Å². The van der Waals surface area contributed by atoms with Gasteiger partial charge >= 0.3 is 6.09 Å². The van der Waals surface area contributed by atoms with E-state index in [1.165, 1.54) is 0 Å². The van der Waals surface area contributed by atoms with E-state index >= 15 is 0 Å². The van der Waals surface area contributed by atoms with E-state index in [2.05, 4.69) is 4.99 Å². The second kappa shape index (κ2) is 9.87. The zero-order valence-corrected chi connectivity index (χ0v) is 20.6. The lowest BCUT2D eigenvalue weighted by Gasteiger charge is -2.32. The summed E-state index contributed by atoms with van der Waals surface area (Å²) >= 11 is 0. The molecule has 1 aromatic rings. The molecule has 3 amide bonds. The molecule has 9 heteroatoms. The van der Waals surface area contributed by atoms with Gasteiger partial charge in [0.2, 0.25) is 5.91 Å². The Labute approximate surface area is 206 Å². The van der Waals surface area contributed by atoms with Crippen LogP contribution in [-0.4, -0.2) is 67.7 Å². The van der Waals surface area contributed by atoms with Crippen molar-refractivity contribution in [1.29, 1.82) is 0 Å². The van der Waals surface area contributed by atoms with E-state index in [1.54, 1.807) is 4.90 Å². The smallest absolute Gasteiger partial charge is 0.414 e. The third kappa shape index (κ3) is 4.86. The maximum Gasteiger partial charge on any atom is 0.414 e. The van der Waals surface area contributed by atoms with Crippen molar-refractivity contribution < 1.29 is 23.9 Å². The number of anilines is 2. The average molecular weight is 483 g/mol. The molecule has 1 aromatic carbocycles. The zero-order valence-electron chi connectivity index (χ0n) is 20.6. The van der Waals surface area contributed by atoms with Gasteiger partial charge in [-0.2, -0.15) is 4.99 Å². The van der Waals surface area contributed by atoms with Gasteiger partial charge in [0.1, 0.15) is 0 Å². The van der Waals surface area contributed by atoms with Gasteiger partial charge in [-0.3, -0.25) is 14.5 Å². The summed E-state index contributed by atoms with van der Waals surface area (Å²) in [4.78, 5) is 46.5. The molecule has 0 saturated carbocycles. The molecule has 0 aliphatic carbocycles. The van der Waals surface area contributed by atoms with Gasteiger partial charge in [0.05, 0.1) is 12.3 Å². The summed E-state index contributed by atoms with van der Waals surface area (Å²) in [6.45, 7) is 7.25. The van der Waals surface area contributed by atoms with Crippen LogP contribution < -0.4 is 9.80 Å². The van der Waals surface area contributed by atoms with Crippen LogP contribution in [0.15, 0.2) is 23.2 Å². The summed E-state index contributed by atoms with van der Waals surface area (Å²) in [5, 5.41) is 0. The Bertz CT molecular complexity index is 1030. The summed E-state index contributed by atoms with van der Waals surface area (Å²) in [6.07, 6.45) is 4.21. The number of hydrogen-bond donors (Lipinski definition) is 0. The van der Waals surface area contributed by atoms with Gasteiger partial charge in [0, 0.05) is 38.3 Å². The van der Waals surface area contributed by atoms with Crippen molar-refractivity contribution in [3.63, 3.8) is 0 Å². The molecule has 9 nitrogen and oxygen atoms in total. The molecule has 1 unspecified atom stereocenters. The van der Waals surface area contributed by atoms with E-state index in [-0.39, 0.29) is 23.8 Å². The van der Waals surface area contributed by atoms with Crippen LogP contribution in [0.1, 0.15) is 51.5 Å². The van der Waals surface area contributed by atoms with Crippen molar-refractivity contribution >= 4 is 35.3 Å². The fourth-order valence-corrected chi connectivity index (χ4v) is 5.39. The summed E-state index contributed by atoms with van der Waals surface area (Å²) in [5.41, 5.74) is 2.89. The highest BCUT2D eigenvalue weighted by atomic mass is 16.6. The number of piperidine rings is 1. The number of fused-ring (bicyclic) bond motifs is 1. The number of carbonyl (C=O) groups is 3. The van der Waals surface area contributed by atoms with E-state index in [0.717, 1.165) is 68.7 Å². The lowest BCUT2D eigenvalue weighted by Crippen LogP contribution is -2.40. The highest BCUT2D eigenvalue weighted by Gasteiger charge is 2.35. The molecule has 4 aliphatic rings. The zero-order chi connectivity index (χ0) is 24.5. The van der Waals surface area contributed by atoms with Gasteiger partial charge in [0.25, 0.3) is 11.9 Å². The maximum absolute atomic E-state index is 12.8. The number of carbonyl (C=O) groups excluding carboxylic acids is 3. The summed E-state index contributed by atoms with van der Waals surface area (Å²) in [7, 11) is 0. The lowest BCUT2D eigenvalue weighted by atomic mass is 9.94. The molecule has 0 radical (unpaired) electrons. The third-order valence-electron chi connectivity index (χ3n) is 7.49. The van der Waals surface area contributed by atoms with Crippen molar-refractivity contribution in [1.82, 2.24) is 4.90 Å². The van der Waals surface area contributed by atoms with Crippen LogP contribution in [0, 0.1) is 11.8 Å². The number of nitrogens with zero attached hydrogens (tertiary/aromatic N) is 4. The van der Waals surface area contributed by atoms with E-state index in [9.17, 15) is 14.4 Å². The fourth-order valence-electron chi connectivity index (χ4n) is 5.39. The molecule has 5 rings (SSSR count). The van der Waals surface area contributed by atoms with Crippen LogP contribution in [0.4, 0.5) is 16.2 Å². The Hall–Kier alpha value is -3.10. The molecule has 188 valence electrons. The number of aliphatic imine (C=N–C) groups is 1. The lowest BCUT2D eigenvalue weighted by molar-refractivity contribution is -0.124. The van der Waals surface area contributed by atoms with Gasteiger partial charge in [-0.25, -0.2) is 4.79 Å². The minimum absolute atomic E-state index is 0.106. The van der Waals surface area contributed by atoms with Crippen LogP contribution in [0.3, 0.4) is 0 Å². The SMILES string of the molecule is CC(C)C1OC(N2CCC(CCOC(=O)N3CCc4cc(N5CCCC5=O)ccc43)CC2)=NC1=O. The van der Waals surface area contributed by atoms with Crippen molar-refractivity contribution in [2.24, 2.45) is 16.8 Å². The molecule has 35 heavy (non-hydrogen) atoms. The molecule has 0 N–H and O–H groups in total. The van der Waals surface area contributed by atoms with Crippen LogP contribution in [0.5, 0.6) is 0 Å². The van der Waals surface area contributed by atoms with Crippen LogP contribution in [0.25, 0.3) is 0 Å². The van der Waals surface area contributed by atoms with Gasteiger partial charge in [-0.05, 0) is 67.7 Å². The molecule has 2 fully saturated rings. The topological polar surface area (TPSA) is 91.8 Å². The Kier molecular flexibility index (Phi) is 6.67. The van der Waals surface area contributed by atoms with E-state index in [4.69, 9.17) is 9.47 Å². The molecule has 0 spiro atoms. The standard InChI is InChI=1S/C26H34N4O5/c1-17(2)23-24(32)27-25(35-23)28-12-7-18(8-13-28)10-15-34-26(33)30-14-9-19-16-20(5-6-21(19)30)29-11-3-4-22(29)31/h5-6,16-18,23H,3-4,7-15H2,1-2H3. The van der Waals surface area contributed by atoms with Gasteiger partial charge < -0.3 is 19.3 Å². The minimum Gasteiger partial charge on any atom is -0.451 e. The molecule has 4 heterocycles. The molecule has 4 aliphatic heterocycles. The van der Waals surface area contributed by atoms with Crippen LogP contribution in [-0.2, 0) is 25.5 Å². The Morgan fingerprint density at radius 1 is 1.14 bits per heavy atom. The third-order valence-corrected chi connectivity index (χ3v) is 7.49. The van der Waals surface area contributed by atoms with E-state index < -0.39 is 6.10 Å². The molecular weight excluding hydrogens is 448 g/mol. The second-order valence-corrected chi connectivity index (χ2v) is 10.2. The van der Waals surface area contributed by atoms with E-state index in [0.29, 0.717) is 31.5 Å². The first-order valence-electron chi connectivity index (χ1n) is 12.8. The fraction of sp³-hybridized carbons (Fsp3) is 0.615. The van der Waals surface area contributed by atoms with Crippen molar-refractivity contribution in [3.05, 3.63) is 23.8 Å². The highest BCUT2D eigenvalue weighted by Crippen LogP contribution is 2.33. The van der Waals surface area contributed by atoms with Crippen LogP contribution in [0.2, 0.25) is 0 Å². The molecule has 0 bridgehead atoms. The van der Waals surface area contributed by atoms with Gasteiger partial charge in [0.15, 0.2) is 6.10 Å². The number of benzene rings is 1. The normalized spacial score (nSPS) is 22.7.